The lowest BCUT2D eigenvalue weighted by Gasteiger charge is -2.28. The number of amides is 2. The average Bonchev–Trinajstić information content (AvgIpc) is 3.33. The van der Waals surface area contributed by atoms with E-state index in [4.69, 9.17) is 4.74 Å². The molecular formula is C28H37FN6O3. The summed E-state index contributed by atoms with van der Waals surface area (Å²) < 4.78 is 19.0. The Kier molecular flexibility index (Phi) is 10.3. The number of carbonyl (C=O) groups is 2. The maximum atomic E-state index is 13.5. The van der Waals surface area contributed by atoms with Crippen LogP contribution in [0, 0.1) is 17.7 Å². The van der Waals surface area contributed by atoms with Crippen molar-refractivity contribution >= 4 is 29.5 Å². The number of aromatic nitrogens is 2. The Labute approximate surface area is 224 Å². The average molecular weight is 525 g/mol. The molecule has 1 aliphatic heterocycles. The van der Waals surface area contributed by atoms with Crippen molar-refractivity contribution in [1.29, 1.82) is 0 Å². The van der Waals surface area contributed by atoms with Crippen molar-refractivity contribution in [3.05, 3.63) is 41.8 Å². The Bertz CT molecular complexity index is 1170. The van der Waals surface area contributed by atoms with E-state index < -0.39 is 5.60 Å². The molecule has 0 aliphatic carbocycles. The third-order valence-electron chi connectivity index (χ3n) is 5.65. The fourth-order valence-corrected chi connectivity index (χ4v) is 3.87. The Morgan fingerprint density at radius 3 is 2.84 bits per heavy atom. The number of rotatable bonds is 9. The lowest BCUT2D eigenvalue weighted by molar-refractivity contribution is -0.121. The molecule has 0 saturated carbocycles. The van der Waals surface area contributed by atoms with E-state index in [9.17, 15) is 14.0 Å². The fourth-order valence-electron chi connectivity index (χ4n) is 3.87. The van der Waals surface area contributed by atoms with Crippen LogP contribution in [0.3, 0.4) is 0 Å². The molecule has 1 fully saturated rings. The van der Waals surface area contributed by atoms with Crippen molar-refractivity contribution in [3.63, 3.8) is 0 Å². The SMILES string of the molecule is CCCNc1nc(Nc2cccc(F)c2)ncc1C#CCCC(=O)NC[C@@H]1CCCN1C(=O)OC(C)(C)C. The molecule has 1 saturated heterocycles. The number of likely N-dealkylation sites (tertiary alicyclic amines) is 1. The Balaban J connectivity index is 1.52. The van der Waals surface area contributed by atoms with Crippen LogP contribution >= 0.6 is 0 Å². The largest absolute Gasteiger partial charge is 0.444 e. The molecule has 38 heavy (non-hydrogen) atoms. The first-order valence-corrected chi connectivity index (χ1v) is 13.0. The number of anilines is 3. The molecule has 1 atom stereocenters. The Morgan fingerprint density at radius 1 is 1.29 bits per heavy atom. The maximum Gasteiger partial charge on any atom is 0.410 e. The van der Waals surface area contributed by atoms with E-state index in [0.29, 0.717) is 49.1 Å². The number of halogens is 1. The van der Waals surface area contributed by atoms with Gasteiger partial charge >= 0.3 is 6.09 Å². The summed E-state index contributed by atoms with van der Waals surface area (Å²) in [6.45, 7) is 9.29. The fraction of sp³-hybridized carbons (Fsp3) is 0.500. The van der Waals surface area contributed by atoms with E-state index in [1.54, 1.807) is 23.2 Å². The van der Waals surface area contributed by atoms with E-state index in [1.807, 2.05) is 27.7 Å². The highest BCUT2D eigenvalue weighted by Gasteiger charge is 2.32. The standard InChI is InChI=1S/C28H37FN6O3/c1-5-15-30-25-20(18-32-26(34-25)33-22-12-8-11-21(29)17-22)10-6-7-14-24(36)31-19-23-13-9-16-35(23)27(37)38-28(2,3)4/h8,11-12,17-18,23H,5,7,9,13-16,19H2,1-4H3,(H,31,36)(H2,30,32,33,34)/t23-/m0/s1. The zero-order valence-electron chi connectivity index (χ0n) is 22.6. The predicted octanol–water partition coefficient (Wildman–Crippen LogP) is 4.83. The summed E-state index contributed by atoms with van der Waals surface area (Å²) in [4.78, 5) is 35.3. The molecule has 10 heteroatoms. The second-order valence-electron chi connectivity index (χ2n) is 10.1. The van der Waals surface area contributed by atoms with Crippen molar-refractivity contribution in [2.24, 2.45) is 0 Å². The number of hydrogen-bond acceptors (Lipinski definition) is 7. The molecule has 1 aliphatic rings. The van der Waals surface area contributed by atoms with Crippen LogP contribution < -0.4 is 16.0 Å². The summed E-state index contributed by atoms with van der Waals surface area (Å²) in [5.74, 6) is 6.49. The van der Waals surface area contributed by atoms with Crippen molar-refractivity contribution in [1.82, 2.24) is 20.2 Å². The van der Waals surface area contributed by atoms with Crippen LogP contribution in [0.4, 0.5) is 26.6 Å². The number of ether oxygens (including phenoxy) is 1. The van der Waals surface area contributed by atoms with Gasteiger partial charge in [0.1, 0.15) is 17.2 Å². The number of benzene rings is 1. The summed E-state index contributed by atoms with van der Waals surface area (Å²) in [6.07, 6.45) is 4.48. The second-order valence-corrected chi connectivity index (χ2v) is 10.1. The van der Waals surface area contributed by atoms with Crippen LogP contribution in [-0.2, 0) is 9.53 Å². The van der Waals surface area contributed by atoms with Crippen LogP contribution in [0.2, 0.25) is 0 Å². The molecule has 0 bridgehead atoms. The summed E-state index contributed by atoms with van der Waals surface area (Å²) in [5, 5.41) is 9.15. The minimum absolute atomic E-state index is 0.0660. The van der Waals surface area contributed by atoms with Gasteiger partial charge in [0.25, 0.3) is 0 Å². The van der Waals surface area contributed by atoms with E-state index in [-0.39, 0.29) is 30.3 Å². The van der Waals surface area contributed by atoms with Crippen LogP contribution in [-0.4, -0.2) is 58.1 Å². The van der Waals surface area contributed by atoms with Crippen molar-refractivity contribution < 1.29 is 18.7 Å². The number of hydrogen-bond donors (Lipinski definition) is 3. The second kappa shape index (κ2) is 13.6. The first-order valence-electron chi connectivity index (χ1n) is 13.0. The predicted molar refractivity (Wildman–Crippen MR) is 146 cm³/mol. The van der Waals surface area contributed by atoms with Crippen LogP contribution in [0.1, 0.15) is 65.4 Å². The van der Waals surface area contributed by atoms with Crippen LogP contribution in [0.15, 0.2) is 30.5 Å². The molecule has 1 aromatic carbocycles. The molecule has 3 N–H and O–H groups in total. The number of nitrogens with zero attached hydrogens (tertiary/aromatic N) is 3. The molecule has 2 aromatic rings. The van der Waals surface area contributed by atoms with Gasteiger partial charge in [-0.3, -0.25) is 4.79 Å². The molecule has 1 aromatic heterocycles. The summed E-state index contributed by atoms with van der Waals surface area (Å²) >= 11 is 0. The highest BCUT2D eigenvalue weighted by Crippen LogP contribution is 2.21. The van der Waals surface area contributed by atoms with Crippen LogP contribution in [0.5, 0.6) is 0 Å². The van der Waals surface area contributed by atoms with Crippen molar-refractivity contribution in [3.8, 4) is 11.8 Å². The van der Waals surface area contributed by atoms with E-state index >= 15 is 0 Å². The summed E-state index contributed by atoms with van der Waals surface area (Å²) in [6, 6.07) is 6.00. The van der Waals surface area contributed by atoms with Gasteiger partial charge in [0.15, 0.2) is 0 Å². The van der Waals surface area contributed by atoms with E-state index in [0.717, 1.165) is 19.3 Å². The number of carbonyl (C=O) groups excluding carboxylic acids is 2. The molecule has 3 rings (SSSR count). The Morgan fingerprint density at radius 2 is 2.11 bits per heavy atom. The molecule has 2 heterocycles. The van der Waals surface area contributed by atoms with Crippen LogP contribution in [0.25, 0.3) is 0 Å². The van der Waals surface area contributed by atoms with Gasteiger partial charge in [-0.15, -0.1) is 0 Å². The number of nitrogens with one attached hydrogen (secondary N) is 3. The quantitative estimate of drug-likeness (QED) is 0.403. The van der Waals surface area contributed by atoms with Gasteiger partial charge in [-0.1, -0.05) is 24.8 Å². The maximum absolute atomic E-state index is 13.5. The Hall–Kier alpha value is -3.87. The first kappa shape index (κ1) is 28.7. The molecule has 2 amide bonds. The third-order valence-corrected chi connectivity index (χ3v) is 5.65. The summed E-state index contributed by atoms with van der Waals surface area (Å²) in [7, 11) is 0. The van der Waals surface area contributed by atoms with Gasteiger partial charge in [0.2, 0.25) is 11.9 Å². The van der Waals surface area contributed by atoms with Gasteiger partial charge in [-0.25, -0.2) is 14.2 Å². The molecular weight excluding hydrogens is 487 g/mol. The molecule has 9 nitrogen and oxygen atoms in total. The molecule has 0 spiro atoms. The first-order chi connectivity index (χ1) is 18.1. The smallest absolute Gasteiger partial charge is 0.410 e. The highest BCUT2D eigenvalue weighted by atomic mass is 19.1. The van der Waals surface area contributed by atoms with E-state index in [2.05, 4.69) is 37.8 Å². The van der Waals surface area contributed by atoms with Crippen molar-refractivity contribution in [2.75, 3.05) is 30.3 Å². The molecule has 0 unspecified atom stereocenters. The molecule has 204 valence electrons. The summed E-state index contributed by atoms with van der Waals surface area (Å²) in [5.41, 5.74) is 0.604. The van der Waals surface area contributed by atoms with Gasteiger partial charge in [-0.2, -0.15) is 4.98 Å². The zero-order valence-corrected chi connectivity index (χ0v) is 22.6. The highest BCUT2D eigenvalue weighted by molar-refractivity contribution is 5.76. The van der Waals surface area contributed by atoms with Gasteiger partial charge in [0, 0.05) is 38.2 Å². The van der Waals surface area contributed by atoms with Gasteiger partial charge in [-0.05, 0) is 58.2 Å². The minimum atomic E-state index is -0.554. The van der Waals surface area contributed by atoms with Crippen molar-refractivity contribution in [2.45, 2.75) is 71.4 Å². The lowest BCUT2D eigenvalue weighted by Crippen LogP contribution is -2.45. The monoisotopic (exact) mass is 524 g/mol. The normalized spacial score (nSPS) is 14.9. The minimum Gasteiger partial charge on any atom is -0.444 e. The zero-order chi connectivity index (χ0) is 27.5. The lowest BCUT2D eigenvalue weighted by atomic mass is 10.2. The topological polar surface area (TPSA) is 108 Å². The third kappa shape index (κ3) is 9.21. The van der Waals surface area contributed by atoms with Gasteiger partial charge in [0.05, 0.1) is 17.8 Å². The van der Waals surface area contributed by atoms with E-state index in [1.165, 1.54) is 12.1 Å². The molecule has 0 radical (unpaired) electrons. The van der Waals surface area contributed by atoms with Gasteiger partial charge < -0.3 is 25.6 Å².